The van der Waals surface area contributed by atoms with Crippen LogP contribution in [0.25, 0.3) is 0 Å². The van der Waals surface area contributed by atoms with Crippen LogP contribution in [0.1, 0.15) is 24.5 Å². The molecule has 0 aliphatic carbocycles. The fraction of sp³-hybridized carbons (Fsp3) is 0.526. The summed E-state index contributed by atoms with van der Waals surface area (Å²) in [5, 5.41) is 2.80. The van der Waals surface area contributed by atoms with Crippen molar-refractivity contribution in [1.29, 1.82) is 0 Å². The molecule has 1 aromatic carbocycles. The van der Waals surface area contributed by atoms with E-state index >= 15 is 0 Å². The molecular weight excluding hydrogens is 332 g/mol. The van der Waals surface area contributed by atoms with Crippen molar-refractivity contribution in [1.82, 2.24) is 10.2 Å². The van der Waals surface area contributed by atoms with Gasteiger partial charge in [-0.15, -0.1) is 0 Å². The maximum atomic E-state index is 12.2. The highest BCUT2D eigenvalue weighted by Gasteiger charge is 2.23. The van der Waals surface area contributed by atoms with Crippen molar-refractivity contribution >= 4 is 23.9 Å². The van der Waals surface area contributed by atoms with Gasteiger partial charge in [0.1, 0.15) is 0 Å². The monoisotopic (exact) mass is 358 g/mol. The summed E-state index contributed by atoms with van der Waals surface area (Å²) in [7, 11) is 0. The van der Waals surface area contributed by atoms with Crippen molar-refractivity contribution in [2.24, 2.45) is 4.99 Å². The fourth-order valence-electron chi connectivity index (χ4n) is 3.39. The van der Waals surface area contributed by atoms with Crippen LogP contribution >= 0.6 is 0 Å². The molecule has 1 fully saturated rings. The lowest BCUT2D eigenvalue weighted by molar-refractivity contribution is -0.142. The van der Waals surface area contributed by atoms with Gasteiger partial charge in [-0.25, -0.2) is 4.79 Å². The number of benzene rings is 1. The predicted octanol–water partition coefficient (Wildman–Crippen LogP) is 1.45. The number of carbonyl (C=O) groups excluding carboxylic acids is 2. The minimum absolute atomic E-state index is 0.115. The standard InChI is InChI=1S/C19H26N4O3/c1-2-26-18(24)7-9-21-19(25)23-12-10-22(11-13-23)17-5-3-4-15-14-20-8-6-16(15)17/h3-5,14H,2,6-13H2,1H3,(H,21,25). The number of amides is 2. The third-order valence-corrected chi connectivity index (χ3v) is 4.73. The SMILES string of the molecule is CCOC(=O)CCNC(=O)N1CCN(c2cccc3c2CCN=C3)CC1. The first kappa shape index (κ1) is 18.2. The highest BCUT2D eigenvalue weighted by molar-refractivity contribution is 5.86. The number of carbonyl (C=O) groups is 2. The molecule has 0 radical (unpaired) electrons. The Kier molecular flexibility index (Phi) is 6.09. The van der Waals surface area contributed by atoms with Gasteiger partial charge in [0.2, 0.25) is 0 Å². The normalized spacial score (nSPS) is 16.2. The van der Waals surface area contributed by atoms with E-state index in [4.69, 9.17) is 4.74 Å². The molecule has 1 saturated heterocycles. The van der Waals surface area contributed by atoms with Crippen LogP contribution in [0.15, 0.2) is 23.2 Å². The summed E-state index contributed by atoms with van der Waals surface area (Å²) >= 11 is 0. The summed E-state index contributed by atoms with van der Waals surface area (Å²) in [5.74, 6) is -0.282. The molecule has 2 aliphatic rings. The average Bonchev–Trinajstić information content (AvgIpc) is 2.68. The summed E-state index contributed by atoms with van der Waals surface area (Å²) in [5.41, 5.74) is 3.82. The number of nitrogens with zero attached hydrogens (tertiary/aromatic N) is 3. The molecule has 1 aromatic rings. The van der Waals surface area contributed by atoms with Crippen LogP contribution in [0.4, 0.5) is 10.5 Å². The number of rotatable bonds is 5. The number of aliphatic imine (C=N–C) groups is 1. The molecule has 7 nitrogen and oxygen atoms in total. The minimum Gasteiger partial charge on any atom is -0.466 e. The number of hydrogen-bond donors (Lipinski definition) is 1. The van der Waals surface area contributed by atoms with Gasteiger partial charge in [-0.05, 0) is 30.5 Å². The minimum atomic E-state index is -0.282. The molecule has 2 heterocycles. The van der Waals surface area contributed by atoms with Crippen LogP contribution in [0.2, 0.25) is 0 Å². The summed E-state index contributed by atoms with van der Waals surface area (Å²) in [6.07, 6.45) is 3.13. The van der Waals surface area contributed by atoms with E-state index < -0.39 is 0 Å². The lowest BCUT2D eigenvalue weighted by Crippen LogP contribution is -2.52. The van der Waals surface area contributed by atoms with E-state index in [0.29, 0.717) is 26.2 Å². The van der Waals surface area contributed by atoms with E-state index in [0.717, 1.165) is 26.1 Å². The number of nitrogens with one attached hydrogen (secondary N) is 1. The van der Waals surface area contributed by atoms with Crippen LogP contribution in [0.3, 0.4) is 0 Å². The van der Waals surface area contributed by atoms with E-state index in [1.165, 1.54) is 16.8 Å². The zero-order valence-corrected chi connectivity index (χ0v) is 15.2. The molecule has 0 spiro atoms. The average molecular weight is 358 g/mol. The number of fused-ring (bicyclic) bond motifs is 1. The molecule has 0 saturated carbocycles. The van der Waals surface area contributed by atoms with Crippen molar-refractivity contribution in [3.63, 3.8) is 0 Å². The molecule has 7 heteroatoms. The fourth-order valence-corrected chi connectivity index (χ4v) is 3.39. The van der Waals surface area contributed by atoms with Crippen LogP contribution < -0.4 is 10.2 Å². The van der Waals surface area contributed by atoms with E-state index in [-0.39, 0.29) is 18.4 Å². The first-order valence-corrected chi connectivity index (χ1v) is 9.24. The van der Waals surface area contributed by atoms with Gasteiger partial charge < -0.3 is 19.9 Å². The maximum absolute atomic E-state index is 12.2. The van der Waals surface area contributed by atoms with E-state index in [9.17, 15) is 9.59 Å². The molecule has 3 rings (SSSR count). The van der Waals surface area contributed by atoms with Crippen LogP contribution in [0.5, 0.6) is 0 Å². The number of ether oxygens (including phenoxy) is 1. The number of esters is 1. The van der Waals surface area contributed by atoms with Gasteiger partial charge in [0.05, 0.1) is 13.0 Å². The second-order valence-electron chi connectivity index (χ2n) is 6.39. The lowest BCUT2D eigenvalue weighted by atomic mass is 9.99. The lowest BCUT2D eigenvalue weighted by Gasteiger charge is -2.37. The van der Waals surface area contributed by atoms with E-state index in [2.05, 4.69) is 33.4 Å². The highest BCUT2D eigenvalue weighted by Crippen LogP contribution is 2.26. The smallest absolute Gasteiger partial charge is 0.317 e. The largest absolute Gasteiger partial charge is 0.466 e. The Morgan fingerprint density at radius 1 is 1.23 bits per heavy atom. The number of anilines is 1. The molecule has 2 aliphatic heterocycles. The van der Waals surface area contributed by atoms with Gasteiger partial charge >= 0.3 is 12.0 Å². The van der Waals surface area contributed by atoms with Crippen LogP contribution in [0, 0.1) is 0 Å². The van der Waals surface area contributed by atoms with Gasteiger partial charge in [0.15, 0.2) is 0 Å². The van der Waals surface area contributed by atoms with Crippen molar-refractivity contribution in [3.8, 4) is 0 Å². The Labute approximate surface area is 154 Å². The zero-order valence-electron chi connectivity index (χ0n) is 15.2. The summed E-state index contributed by atoms with van der Waals surface area (Å²) < 4.78 is 4.86. The first-order valence-electron chi connectivity index (χ1n) is 9.24. The Morgan fingerprint density at radius 3 is 2.81 bits per heavy atom. The van der Waals surface area contributed by atoms with Crippen molar-refractivity contribution in [3.05, 3.63) is 29.3 Å². The molecule has 26 heavy (non-hydrogen) atoms. The van der Waals surface area contributed by atoms with Crippen LogP contribution in [-0.4, -0.2) is 69.0 Å². The van der Waals surface area contributed by atoms with E-state index in [1.54, 1.807) is 11.8 Å². The van der Waals surface area contributed by atoms with Crippen molar-refractivity contribution < 1.29 is 14.3 Å². The number of piperazine rings is 1. The first-order chi connectivity index (χ1) is 12.7. The molecule has 0 atom stereocenters. The van der Waals surface area contributed by atoms with E-state index in [1.807, 2.05) is 6.21 Å². The van der Waals surface area contributed by atoms with Gasteiger partial charge in [-0.2, -0.15) is 0 Å². The molecule has 0 bridgehead atoms. The van der Waals surface area contributed by atoms with Gasteiger partial charge in [-0.3, -0.25) is 9.79 Å². The second kappa shape index (κ2) is 8.69. The Hall–Kier alpha value is -2.57. The Bertz CT molecular complexity index is 681. The number of urea groups is 1. The third kappa shape index (κ3) is 4.33. The Morgan fingerprint density at radius 2 is 2.04 bits per heavy atom. The van der Waals surface area contributed by atoms with Gasteiger partial charge in [0, 0.05) is 51.2 Å². The maximum Gasteiger partial charge on any atom is 0.317 e. The van der Waals surface area contributed by atoms with Crippen molar-refractivity contribution in [2.75, 3.05) is 50.8 Å². The Balaban J connectivity index is 1.49. The zero-order chi connectivity index (χ0) is 18.4. The number of hydrogen-bond acceptors (Lipinski definition) is 5. The molecule has 2 amide bonds. The third-order valence-electron chi connectivity index (χ3n) is 4.73. The topological polar surface area (TPSA) is 74.2 Å². The second-order valence-corrected chi connectivity index (χ2v) is 6.39. The van der Waals surface area contributed by atoms with Crippen LogP contribution in [-0.2, 0) is 16.0 Å². The predicted molar refractivity (Wildman–Crippen MR) is 101 cm³/mol. The molecule has 140 valence electrons. The molecule has 0 aromatic heterocycles. The molecule has 0 unspecified atom stereocenters. The summed E-state index contributed by atoms with van der Waals surface area (Å²) in [4.78, 5) is 32.1. The molecular formula is C19H26N4O3. The summed E-state index contributed by atoms with van der Waals surface area (Å²) in [6.45, 7) is 6.23. The van der Waals surface area contributed by atoms with Gasteiger partial charge in [-0.1, -0.05) is 12.1 Å². The quantitative estimate of drug-likeness (QED) is 0.809. The van der Waals surface area contributed by atoms with Crippen molar-refractivity contribution in [2.45, 2.75) is 19.8 Å². The highest BCUT2D eigenvalue weighted by atomic mass is 16.5. The van der Waals surface area contributed by atoms with Gasteiger partial charge in [0.25, 0.3) is 0 Å². The molecule has 1 N–H and O–H groups in total. The summed E-state index contributed by atoms with van der Waals surface area (Å²) in [6, 6.07) is 6.22.